The Hall–Kier alpha value is -7.43. The zero-order valence-corrected chi connectivity index (χ0v) is 39.3. The third-order valence-electron chi connectivity index (χ3n) is 11.0. The fraction of sp³-hybridized carbons (Fsp3) is 0.311. The van der Waals surface area contributed by atoms with Crippen molar-refractivity contribution < 1.29 is 37.4 Å². The topological polar surface area (TPSA) is 238 Å². The van der Waals surface area contributed by atoms with Gasteiger partial charge >= 0.3 is 12.2 Å². The zero-order valence-electron chi connectivity index (χ0n) is 37.8. The lowest BCUT2D eigenvalue weighted by Crippen LogP contribution is -2.27. The third-order valence-corrected chi connectivity index (χ3v) is 11.6. The van der Waals surface area contributed by atoms with E-state index in [1.165, 1.54) is 70.7 Å². The van der Waals surface area contributed by atoms with Gasteiger partial charge in [0.15, 0.2) is 24.9 Å². The van der Waals surface area contributed by atoms with E-state index in [2.05, 4.69) is 41.1 Å². The molecule has 0 spiro atoms. The molecule has 20 nitrogen and oxygen atoms in total. The number of amides is 3. The molecule has 24 heteroatoms. The lowest BCUT2D eigenvalue weighted by Gasteiger charge is -2.13. The van der Waals surface area contributed by atoms with Crippen LogP contribution in [0.3, 0.4) is 0 Å². The largest absolute Gasteiger partial charge is 0.441 e. The first-order valence-corrected chi connectivity index (χ1v) is 22.4. The van der Waals surface area contributed by atoms with Crippen molar-refractivity contribution in [2.45, 2.75) is 77.9 Å². The Kier molecular flexibility index (Phi) is 15.9. The molecule has 2 unspecified atom stereocenters. The number of nitrogens with one attached hydrogen (secondary N) is 3. The van der Waals surface area contributed by atoms with Crippen molar-refractivity contribution >= 4 is 58.6 Å². The number of nitrogens with two attached hydrogens (primary N) is 1. The van der Waals surface area contributed by atoms with E-state index >= 15 is 0 Å². The molecule has 3 amide bonds. The van der Waals surface area contributed by atoms with E-state index in [1.54, 1.807) is 25.1 Å². The molecule has 69 heavy (non-hydrogen) atoms. The molecule has 362 valence electrons. The van der Waals surface area contributed by atoms with E-state index in [4.69, 9.17) is 38.4 Å². The second kappa shape index (κ2) is 22.1. The van der Waals surface area contributed by atoms with Crippen LogP contribution in [0.2, 0.25) is 10.0 Å². The summed E-state index contributed by atoms with van der Waals surface area (Å²) in [6.45, 7) is 5.19. The van der Waals surface area contributed by atoms with Crippen LogP contribution in [0, 0.1) is 11.6 Å². The molecule has 0 saturated heterocycles. The SMILES string of the molecule is CCn1cc2c(c1C(=O)Nc1ccc(F)c(Cl)c1)CCC2N.CCn1cc2c(c1C(=O)Nc1ccc(F)c(Cl)c1)CCC2NC(=O)OCc1ncn(C)n1.Cn1cnc(COC(=O)n2ccnc2)n1. The Morgan fingerprint density at radius 1 is 0.754 bits per heavy atom. The smallest absolute Gasteiger partial charge is 0.419 e. The van der Waals surface area contributed by atoms with Crippen LogP contribution in [0.25, 0.3) is 0 Å². The predicted octanol–water partition coefficient (Wildman–Crippen LogP) is 7.29. The number of alkyl carbamates (subject to hydrolysis) is 1. The van der Waals surface area contributed by atoms with Crippen molar-refractivity contribution in [1.29, 1.82) is 0 Å². The Labute approximate surface area is 403 Å². The molecule has 5 N–H and O–H groups in total. The lowest BCUT2D eigenvalue weighted by molar-refractivity contribution is 0.100. The highest BCUT2D eigenvalue weighted by Crippen LogP contribution is 2.36. The van der Waals surface area contributed by atoms with E-state index in [0.717, 1.165) is 35.1 Å². The minimum absolute atomic E-state index is 0.00499. The molecule has 2 aliphatic rings. The molecular weight excluding hydrogens is 941 g/mol. The Morgan fingerprint density at radius 3 is 1.77 bits per heavy atom. The van der Waals surface area contributed by atoms with Crippen LogP contribution < -0.4 is 21.7 Å². The van der Waals surface area contributed by atoms with E-state index in [-0.39, 0.29) is 47.2 Å². The van der Waals surface area contributed by atoms with Gasteiger partial charge in [0.05, 0.1) is 16.1 Å². The van der Waals surface area contributed by atoms with Gasteiger partial charge in [-0.2, -0.15) is 10.2 Å². The van der Waals surface area contributed by atoms with Crippen LogP contribution in [0.15, 0.2) is 80.2 Å². The Balaban J connectivity index is 0.000000164. The van der Waals surface area contributed by atoms with Crippen molar-refractivity contribution in [3.63, 3.8) is 0 Å². The van der Waals surface area contributed by atoms with Gasteiger partial charge in [-0.15, -0.1) is 0 Å². The molecule has 9 rings (SSSR count). The quantitative estimate of drug-likeness (QED) is 0.1000. The van der Waals surface area contributed by atoms with Crippen LogP contribution in [-0.4, -0.2) is 72.2 Å². The number of imidazole rings is 1. The number of fused-ring (bicyclic) bond motifs is 2. The summed E-state index contributed by atoms with van der Waals surface area (Å²) in [6.07, 6.45) is 13.1. The minimum Gasteiger partial charge on any atom is -0.441 e. The van der Waals surface area contributed by atoms with Crippen LogP contribution in [0.5, 0.6) is 0 Å². The molecule has 0 fully saturated rings. The second-order valence-electron chi connectivity index (χ2n) is 15.7. The summed E-state index contributed by atoms with van der Waals surface area (Å²) in [4.78, 5) is 60.9. The molecule has 2 aliphatic carbocycles. The summed E-state index contributed by atoms with van der Waals surface area (Å²) in [7, 11) is 3.47. The summed E-state index contributed by atoms with van der Waals surface area (Å²) in [5.41, 5.74) is 11.9. The van der Waals surface area contributed by atoms with Crippen molar-refractivity contribution in [2.24, 2.45) is 19.8 Å². The van der Waals surface area contributed by atoms with Gasteiger partial charge in [0, 0.05) is 69.4 Å². The van der Waals surface area contributed by atoms with E-state index in [9.17, 15) is 28.0 Å². The number of nitrogens with zero attached hydrogens (tertiary/aromatic N) is 10. The van der Waals surface area contributed by atoms with Crippen molar-refractivity contribution in [3.05, 3.63) is 147 Å². The molecule has 0 radical (unpaired) electrons. The summed E-state index contributed by atoms with van der Waals surface area (Å²) in [5.74, 6) is -0.733. The van der Waals surface area contributed by atoms with Gasteiger partial charge < -0.3 is 40.3 Å². The zero-order chi connectivity index (χ0) is 49.4. The van der Waals surface area contributed by atoms with Crippen LogP contribution in [-0.2, 0) is 62.7 Å². The van der Waals surface area contributed by atoms with Gasteiger partial charge in [-0.25, -0.2) is 37.9 Å². The van der Waals surface area contributed by atoms with Gasteiger partial charge in [-0.05, 0) is 98.2 Å². The molecule has 0 aliphatic heterocycles. The van der Waals surface area contributed by atoms with Crippen LogP contribution in [0.4, 0.5) is 29.7 Å². The second-order valence-corrected chi connectivity index (χ2v) is 16.5. The maximum atomic E-state index is 13.4. The van der Waals surface area contributed by atoms with Gasteiger partial charge in [0.2, 0.25) is 0 Å². The van der Waals surface area contributed by atoms with Gasteiger partial charge in [0.25, 0.3) is 11.8 Å². The number of carbonyl (C=O) groups is 4. The van der Waals surface area contributed by atoms with Crippen molar-refractivity contribution in [2.75, 3.05) is 10.6 Å². The van der Waals surface area contributed by atoms with Gasteiger partial charge in [-0.3, -0.25) is 19.0 Å². The Bertz CT molecular complexity index is 2970. The summed E-state index contributed by atoms with van der Waals surface area (Å²) >= 11 is 11.6. The molecule has 5 aromatic heterocycles. The third kappa shape index (κ3) is 12.0. The van der Waals surface area contributed by atoms with Crippen molar-refractivity contribution in [3.8, 4) is 0 Å². The lowest BCUT2D eigenvalue weighted by atomic mass is 10.1. The van der Waals surface area contributed by atoms with Gasteiger partial charge in [0.1, 0.15) is 42.0 Å². The average Bonchev–Trinajstić information content (AvgIpc) is 4.20. The number of halogens is 4. The van der Waals surface area contributed by atoms with E-state index < -0.39 is 23.8 Å². The van der Waals surface area contributed by atoms with Crippen LogP contribution >= 0.6 is 23.2 Å². The number of carbonyl (C=O) groups excluding carboxylic acids is 4. The molecule has 5 heterocycles. The molecule has 2 atom stereocenters. The fourth-order valence-corrected chi connectivity index (χ4v) is 8.14. The molecule has 0 saturated carbocycles. The number of ether oxygens (including phenoxy) is 2. The first-order chi connectivity index (χ1) is 33.1. The number of benzene rings is 2. The van der Waals surface area contributed by atoms with Crippen molar-refractivity contribution in [1.82, 2.24) is 53.5 Å². The normalized spacial score (nSPS) is 14.4. The number of aromatic nitrogens is 10. The highest BCUT2D eigenvalue weighted by Gasteiger charge is 2.33. The maximum absolute atomic E-state index is 13.4. The number of aryl methyl sites for hydroxylation is 4. The number of rotatable bonds is 11. The number of anilines is 2. The maximum Gasteiger partial charge on any atom is 0.419 e. The minimum atomic E-state index is -0.577. The molecule has 7 aromatic rings. The molecule has 0 bridgehead atoms. The first kappa shape index (κ1) is 49.5. The summed E-state index contributed by atoms with van der Waals surface area (Å²) in [6, 6.07) is 7.87. The fourth-order valence-electron chi connectivity index (χ4n) is 7.78. The highest BCUT2D eigenvalue weighted by molar-refractivity contribution is 6.31. The number of hydrogen-bond donors (Lipinski definition) is 4. The monoisotopic (exact) mass is 988 g/mol. The van der Waals surface area contributed by atoms with Crippen LogP contribution in [0.1, 0.15) is 93.7 Å². The van der Waals surface area contributed by atoms with Gasteiger partial charge in [-0.1, -0.05) is 23.2 Å². The number of hydrogen-bond acceptors (Lipinski definition) is 12. The summed E-state index contributed by atoms with van der Waals surface area (Å²) < 4.78 is 44.8. The first-order valence-electron chi connectivity index (χ1n) is 21.6. The standard InChI is InChI=1S/C21H22ClFN6O3.C16H17ClFN3O.C8H9N5O2/c1-3-29-9-14-13(19(29)20(30)25-12-4-6-16(23)15(22)8-12)5-7-17(14)26-21(31)32-10-18-24-11-28(2)27-18;1-2-21-8-11-10(4-6-14(11)19)15(21)16(22)20-9-3-5-13(18)12(17)7-9;1-12-6-10-7(11-12)4-15-8(14)13-3-2-9-5-13/h4,6,8-9,11,17H,3,5,7,10H2,1-2H3,(H,25,30)(H,26,31);3,5,7-8,14H,2,4,6,19H2,1H3,(H,20,22);2-3,5-6H,4H2,1H3. The molecular formula is C45H48Cl2F2N14O6. The highest BCUT2D eigenvalue weighted by atomic mass is 35.5. The summed E-state index contributed by atoms with van der Waals surface area (Å²) in [5, 5.41) is 16.4. The Morgan fingerprint density at radius 2 is 1.28 bits per heavy atom. The van der Waals surface area contributed by atoms with E-state index in [0.29, 0.717) is 60.3 Å². The average molecular weight is 990 g/mol. The molecule has 2 aromatic carbocycles. The van der Waals surface area contributed by atoms with E-state index in [1.807, 2.05) is 35.4 Å². The predicted molar refractivity (Wildman–Crippen MR) is 248 cm³/mol.